The predicted octanol–water partition coefficient (Wildman–Crippen LogP) is 1.67. The highest BCUT2D eigenvalue weighted by Crippen LogP contribution is 2.25. The van der Waals surface area contributed by atoms with E-state index in [-0.39, 0.29) is 23.8 Å². The molecule has 0 spiro atoms. The summed E-state index contributed by atoms with van der Waals surface area (Å²) in [7, 11) is 1.62. The predicted molar refractivity (Wildman–Crippen MR) is 73.0 cm³/mol. The first-order chi connectivity index (χ1) is 8.56. The Balaban J connectivity index is 2.52. The van der Waals surface area contributed by atoms with Gasteiger partial charge in [0.25, 0.3) is 0 Å². The van der Waals surface area contributed by atoms with E-state index in [0.717, 1.165) is 10.6 Å². The minimum Gasteiger partial charge on any atom is -0.497 e. The number of carbonyl (C=O) groups excluding carboxylic acids is 1. The van der Waals surface area contributed by atoms with Gasteiger partial charge in [-0.2, -0.15) is 0 Å². The molecule has 0 saturated heterocycles. The molecule has 5 heteroatoms. The topological polar surface area (TPSA) is 58.6 Å². The second-order valence-electron chi connectivity index (χ2n) is 4.03. The number of benzene rings is 1. The van der Waals surface area contributed by atoms with Gasteiger partial charge in [-0.15, -0.1) is 11.8 Å². The van der Waals surface area contributed by atoms with Crippen LogP contribution in [0.15, 0.2) is 29.2 Å². The van der Waals surface area contributed by atoms with E-state index in [1.165, 1.54) is 11.8 Å². The molecule has 0 aromatic heterocycles. The zero-order chi connectivity index (χ0) is 13.5. The first kappa shape index (κ1) is 14.9. The molecule has 100 valence electrons. The van der Waals surface area contributed by atoms with Crippen LogP contribution in [0.2, 0.25) is 0 Å². The third-order valence-corrected chi connectivity index (χ3v) is 3.52. The molecule has 1 rings (SSSR count). The summed E-state index contributed by atoms with van der Waals surface area (Å²) in [5, 5.41) is 11.4. The molecule has 0 aliphatic heterocycles. The molecule has 1 aromatic carbocycles. The molecule has 0 fully saturated rings. The number of hydrogen-bond donors (Lipinski definition) is 2. The molecule has 2 N–H and O–H groups in total. The Hall–Kier alpha value is -1.20. The van der Waals surface area contributed by atoms with Crippen LogP contribution in [0.25, 0.3) is 0 Å². The van der Waals surface area contributed by atoms with Crippen molar-refractivity contribution < 1.29 is 14.6 Å². The Bertz CT molecular complexity index is 380. The monoisotopic (exact) mass is 269 g/mol. The molecular weight excluding hydrogens is 250 g/mol. The number of aliphatic hydroxyl groups is 1. The fourth-order valence-electron chi connectivity index (χ4n) is 1.32. The summed E-state index contributed by atoms with van der Waals surface area (Å²) in [6.07, 6.45) is 0. The van der Waals surface area contributed by atoms with Gasteiger partial charge in [0.2, 0.25) is 5.91 Å². The lowest BCUT2D eigenvalue weighted by molar-refractivity contribution is -0.121. The minimum atomic E-state index is -0.212. The molecule has 0 heterocycles. The normalized spacial score (nSPS) is 13.8. The second kappa shape index (κ2) is 7.28. The summed E-state index contributed by atoms with van der Waals surface area (Å²) in [6, 6.07) is 7.36. The first-order valence-corrected chi connectivity index (χ1v) is 6.66. The summed E-state index contributed by atoms with van der Waals surface area (Å²) < 4.78 is 5.07. The molecule has 1 aromatic rings. The largest absolute Gasteiger partial charge is 0.497 e. The molecule has 0 saturated carbocycles. The summed E-state index contributed by atoms with van der Waals surface area (Å²) in [6.45, 7) is 3.56. The van der Waals surface area contributed by atoms with Crippen molar-refractivity contribution in [1.82, 2.24) is 5.32 Å². The molecule has 2 atom stereocenters. The van der Waals surface area contributed by atoms with Gasteiger partial charge >= 0.3 is 0 Å². The number of amides is 1. The zero-order valence-electron chi connectivity index (χ0n) is 10.8. The number of nitrogens with one attached hydrogen (secondary N) is 1. The quantitative estimate of drug-likeness (QED) is 0.771. The van der Waals surface area contributed by atoms with Crippen LogP contribution in [-0.4, -0.2) is 36.0 Å². The van der Waals surface area contributed by atoms with E-state index in [2.05, 4.69) is 5.32 Å². The lowest BCUT2D eigenvalue weighted by Gasteiger charge is -2.15. The maximum absolute atomic E-state index is 11.8. The van der Waals surface area contributed by atoms with Crippen molar-refractivity contribution in [2.75, 3.05) is 13.7 Å². The van der Waals surface area contributed by atoms with Crippen molar-refractivity contribution in [3.05, 3.63) is 24.3 Å². The van der Waals surface area contributed by atoms with E-state index in [0.29, 0.717) is 0 Å². The number of ether oxygens (including phenoxy) is 1. The highest BCUT2D eigenvalue weighted by Gasteiger charge is 2.15. The first-order valence-electron chi connectivity index (χ1n) is 5.78. The molecule has 0 bridgehead atoms. The van der Waals surface area contributed by atoms with Gasteiger partial charge in [0.05, 0.1) is 19.0 Å². The minimum absolute atomic E-state index is 0.0499. The Morgan fingerprint density at radius 2 is 2.00 bits per heavy atom. The smallest absolute Gasteiger partial charge is 0.233 e. The van der Waals surface area contributed by atoms with Crippen LogP contribution in [0, 0.1) is 0 Å². The molecular formula is C13H19NO3S. The summed E-state index contributed by atoms with van der Waals surface area (Å²) in [5.41, 5.74) is 0. The van der Waals surface area contributed by atoms with Gasteiger partial charge in [-0.05, 0) is 38.1 Å². The van der Waals surface area contributed by atoms with Crippen LogP contribution in [0.5, 0.6) is 5.75 Å². The van der Waals surface area contributed by atoms with Crippen molar-refractivity contribution in [2.24, 2.45) is 0 Å². The second-order valence-corrected chi connectivity index (χ2v) is 5.44. The number of methoxy groups -OCH3 is 1. The van der Waals surface area contributed by atoms with Crippen molar-refractivity contribution in [2.45, 2.75) is 30.0 Å². The average molecular weight is 269 g/mol. The van der Waals surface area contributed by atoms with Crippen LogP contribution in [0.4, 0.5) is 0 Å². The maximum Gasteiger partial charge on any atom is 0.233 e. The number of aliphatic hydroxyl groups excluding tert-OH is 1. The third kappa shape index (κ3) is 4.58. The summed E-state index contributed by atoms with van der Waals surface area (Å²) in [5.74, 6) is 0.725. The Morgan fingerprint density at radius 1 is 1.39 bits per heavy atom. The van der Waals surface area contributed by atoms with Gasteiger partial charge in [0.15, 0.2) is 0 Å². The Labute approximate surface area is 112 Å². The number of hydrogen-bond acceptors (Lipinski definition) is 4. The van der Waals surface area contributed by atoms with Crippen molar-refractivity contribution in [1.29, 1.82) is 0 Å². The molecule has 0 radical (unpaired) electrons. The van der Waals surface area contributed by atoms with E-state index in [1.54, 1.807) is 14.0 Å². The molecule has 4 nitrogen and oxygen atoms in total. The number of thioether (sulfide) groups is 1. The maximum atomic E-state index is 11.8. The van der Waals surface area contributed by atoms with E-state index < -0.39 is 0 Å². The average Bonchev–Trinajstić information content (AvgIpc) is 2.39. The van der Waals surface area contributed by atoms with Crippen LogP contribution >= 0.6 is 11.8 Å². The number of rotatable bonds is 6. The summed E-state index contributed by atoms with van der Waals surface area (Å²) in [4.78, 5) is 12.8. The third-order valence-electron chi connectivity index (χ3n) is 2.40. The molecule has 18 heavy (non-hydrogen) atoms. The molecule has 0 aliphatic carbocycles. The van der Waals surface area contributed by atoms with Crippen molar-refractivity contribution >= 4 is 17.7 Å². The SMILES string of the molecule is COc1ccc(SC(C)C(=O)NC(C)CO)cc1. The molecule has 1 amide bonds. The van der Waals surface area contributed by atoms with Crippen LogP contribution < -0.4 is 10.1 Å². The molecule has 0 aliphatic rings. The van der Waals surface area contributed by atoms with Gasteiger partial charge in [-0.1, -0.05) is 0 Å². The highest BCUT2D eigenvalue weighted by molar-refractivity contribution is 8.00. The fraction of sp³-hybridized carbons (Fsp3) is 0.462. The van der Waals surface area contributed by atoms with Gasteiger partial charge < -0.3 is 15.2 Å². The van der Waals surface area contributed by atoms with Gasteiger partial charge in [-0.3, -0.25) is 4.79 Å². The zero-order valence-corrected chi connectivity index (χ0v) is 11.7. The van der Waals surface area contributed by atoms with E-state index in [9.17, 15) is 4.79 Å². The van der Waals surface area contributed by atoms with Crippen LogP contribution in [0.1, 0.15) is 13.8 Å². The van der Waals surface area contributed by atoms with Crippen molar-refractivity contribution in [3.63, 3.8) is 0 Å². The molecule has 2 unspecified atom stereocenters. The number of carbonyl (C=O) groups is 1. The van der Waals surface area contributed by atoms with Crippen LogP contribution in [0.3, 0.4) is 0 Å². The Kier molecular flexibility index (Phi) is 6.01. The van der Waals surface area contributed by atoms with Crippen LogP contribution in [-0.2, 0) is 4.79 Å². The highest BCUT2D eigenvalue weighted by atomic mass is 32.2. The van der Waals surface area contributed by atoms with Gasteiger partial charge in [0.1, 0.15) is 5.75 Å². The van der Waals surface area contributed by atoms with Gasteiger partial charge in [0, 0.05) is 10.9 Å². The van der Waals surface area contributed by atoms with Gasteiger partial charge in [-0.25, -0.2) is 0 Å². The summed E-state index contributed by atoms with van der Waals surface area (Å²) >= 11 is 1.47. The van der Waals surface area contributed by atoms with E-state index in [1.807, 2.05) is 31.2 Å². The Morgan fingerprint density at radius 3 is 2.50 bits per heavy atom. The standard InChI is InChI=1S/C13H19NO3S/c1-9(8-15)14-13(16)10(2)18-12-6-4-11(17-3)5-7-12/h4-7,9-10,15H,8H2,1-3H3,(H,14,16). The lowest BCUT2D eigenvalue weighted by atomic mass is 10.3. The van der Waals surface area contributed by atoms with Crippen molar-refractivity contribution in [3.8, 4) is 5.75 Å². The fourth-order valence-corrected chi connectivity index (χ4v) is 2.19. The lowest BCUT2D eigenvalue weighted by Crippen LogP contribution is -2.39. The van der Waals surface area contributed by atoms with E-state index >= 15 is 0 Å². The van der Waals surface area contributed by atoms with E-state index in [4.69, 9.17) is 9.84 Å².